The van der Waals surface area contributed by atoms with Crippen LogP contribution in [-0.4, -0.2) is 96.7 Å². The second kappa shape index (κ2) is 61.6. The molecule has 0 rings (SSSR count). The van der Waals surface area contributed by atoms with E-state index in [1.807, 2.05) is 0 Å². The Hall–Kier alpha value is -1.94. The highest BCUT2D eigenvalue weighted by Crippen LogP contribution is 2.45. The number of phosphoric ester groups is 2. The van der Waals surface area contributed by atoms with Crippen LogP contribution in [0.25, 0.3) is 0 Å². The van der Waals surface area contributed by atoms with E-state index in [1.54, 1.807) is 0 Å². The van der Waals surface area contributed by atoms with Crippen molar-refractivity contribution in [2.75, 3.05) is 39.6 Å². The summed E-state index contributed by atoms with van der Waals surface area (Å²) in [5.41, 5.74) is 0. The minimum atomic E-state index is -4.95. The summed E-state index contributed by atoms with van der Waals surface area (Å²) in [5.74, 6) is -1.46. The molecule has 19 heteroatoms. The Morgan fingerprint density at radius 2 is 0.529 bits per heavy atom. The van der Waals surface area contributed by atoms with Crippen molar-refractivity contribution in [3.05, 3.63) is 0 Å². The first kappa shape index (κ1) is 85.1. The number of hydrogen-bond acceptors (Lipinski definition) is 15. The standard InChI is InChI=1S/C68H132O17P2/c1-6-9-12-15-18-21-23-25-27-29-31-33-36-42-47-52-66(71)79-57-63(84-67(72)53-48-43-37-34-32-30-28-26-24-22-19-16-13-10-7-2)59-82-86(74,75)80-55-62(69)56-81-87(76,77)83-60-64(58-78-65(70)51-46-41-35-20-17-14-11-8-3)85-68(73)54-49-44-39-38-40-45-50-61(4)5/h61-64,69H,6-60H2,1-5H3,(H,74,75)(H,76,77)/t62-,63-,64-/m1/s1. The molecule has 0 aromatic heterocycles. The average Bonchev–Trinajstić information content (AvgIpc) is 3.71. The van der Waals surface area contributed by atoms with Gasteiger partial charge in [0.05, 0.1) is 26.4 Å². The van der Waals surface area contributed by atoms with Crippen LogP contribution in [0.1, 0.15) is 349 Å². The number of ether oxygens (including phenoxy) is 4. The highest BCUT2D eigenvalue weighted by Gasteiger charge is 2.30. The predicted octanol–water partition coefficient (Wildman–Crippen LogP) is 19.4. The molecule has 0 aliphatic heterocycles. The fourth-order valence-corrected chi connectivity index (χ4v) is 11.9. The molecule has 516 valence electrons. The summed E-state index contributed by atoms with van der Waals surface area (Å²) in [6, 6.07) is 0. The van der Waals surface area contributed by atoms with Crippen molar-refractivity contribution in [1.82, 2.24) is 0 Å². The molecule has 0 aliphatic carbocycles. The Balaban J connectivity index is 5.20. The maximum atomic E-state index is 13.0. The molecule has 5 atom stereocenters. The SMILES string of the molecule is CCCCCCCCCCCCCCCCCC(=O)OC[C@H](COP(=O)(O)OC[C@@H](O)COP(=O)(O)OC[C@@H](COC(=O)CCCCCCCCCC)OC(=O)CCCCCCCCC(C)C)OC(=O)CCCCCCCCCCCCCCCCC. The summed E-state index contributed by atoms with van der Waals surface area (Å²) < 4.78 is 68.1. The quantitative estimate of drug-likeness (QED) is 0.0222. The second-order valence-corrected chi connectivity index (χ2v) is 27.9. The predicted molar refractivity (Wildman–Crippen MR) is 349 cm³/mol. The van der Waals surface area contributed by atoms with Gasteiger partial charge in [0.15, 0.2) is 12.2 Å². The van der Waals surface area contributed by atoms with Gasteiger partial charge < -0.3 is 33.8 Å². The zero-order chi connectivity index (χ0) is 64.2. The Bertz CT molecular complexity index is 1690. The number of hydrogen-bond donors (Lipinski definition) is 3. The van der Waals surface area contributed by atoms with Gasteiger partial charge in [-0.1, -0.05) is 298 Å². The Labute approximate surface area is 530 Å². The molecule has 0 saturated carbocycles. The minimum Gasteiger partial charge on any atom is -0.462 e. The number of rotatable bonds is 68. The molecule has 0 radical (unpaired) electrons. The monoisotopic (exact) mass is 1280 g/mol. The van der Waals surface area contributed by atoms with Gasteiger partial charge in [0.25, 0.3) is 0 Å². The topological polar surface area (TPSA) is 237 Å². The molecule has 0 amide bonds. The lowest BCUT2D eigenvalue weighted by Gasteiger charge is -2.21. The molecular weight excluding hydrogens is 1150 g/mol. The van der Waals surface area contributed by atoms with Crippen LogP contribution in [0.2, 0.25) is 0 Å². The number of phosphoric acid groups is 2. The molecule has 0 bridgehead atoms. The van der Waals surface area contributed by atoms with Gasteiger partial charge in [-0.25, -0.2) is 9.13 Å². The van der Waals surface area contributed by atoms with Crippen LogP contribution in [0.4, 0.5) is 0 Å². The van der Waals surface area contributed by atoms with E-state index in [9.17, 15) is 43.2 Å². The van der Waals surface area contributed by atoms with Crippen LogP contribution in [0.3, 0.4) is 0 Å². The highest BCUT2D eigenvalue weighted by atomic mass is 31.2. The normalized spacial score (nSPS) is 14.1. The minimum absolute atomic E-state index is 0.102. The van der Waals surface area contributed by atoms with Crippen molar-refractivity contribution in [3.63, 3.8) is 0 Å². The summed E-state index contributed by atoms with van der Waals surface area (Å²) in [7, 11) is -9.89. The van der Waals surface area contributed by atoms with Crippen molar-refractivity contribution < 1.29 is 80.2 Å². The van der Waals surface area contributed by atoms with Crippen molar-refractivity contribution in [3.8, 4) is 0 Å². The van der Waals surface area contributed by atoms with E-state index >= 15 is 0 Å². The summed E-state index contributed by atoms with van der Waals surface area (Å²) in [4.78, 5) is 72.3. The Kier molecular flexibility index (Phi) is 60.2. The van der Waals surface area contributed by atoms with E-state index < -0.39 is 97.5 Å². The Morgan fingerprint density at radius 3 is 0.782 bits per heavy atom. The van der Waals surface area contributed by atoms with Gasteiger partial charge in [0.2, 0.25) is 0 Å². The summed E-state index contributed by atoms with van der Waals surface area (Å²) >= 11 is 0. The van der Waals surface area contributed by atoms with Crippen molar-refractivity contribution in [2.45, 2.75) is 368 Å². The highest BCUT2D eigenvalue weighted by molar-refractivity contribution is 7.47. The molecular formula is C68H132O17P2. The third kappa shape index (κ3) is 62.6. The van der Waals surface area contributed by atoms with Crippen LogP contribution in [0.15, 0.2) is 0 Å². The lowest BCUT2D eigenvalue weighted by Crippen LogP contribution is -2.30. The van der Waals surface area contributed by atoms with Crippen LogP contribution in [-0.2, 0) is 65.4 Å². The maximum absolute atomic E-state index is 13.0. The van der Waals surface area contributed by atoms with Gasteiger partial charge in [-0.05, 0) is 31.6 Å². The summed E-state index contributed by atoms with van der Waals surface area (Å²) in [6.45, 7) is 7.12. The third-order valence-electron chi connectivity index (χ3n) is 15.8. The number of aliphatic hydroxyl groups excluding tert-OH is 1. The van der Waals surface area contributed by atoms with Crippen LogP contribution in [0, 0.1) is 5.92 Å². The molecule has 0 aromatic rings. The van der Waals surface area contributed by atoms with Gasteiger partial charge >= 0.3 is 39.5 Å². The number of carbonyl (C=O) groups is 4. The van der Waals surface area contributed by atoms with E-state index in [0.29, 0.717) is 31.6 Å². The molecule has 0 spiro atoms. The molecule has 0 aliphatic rings. The molecule has 3 N–H and O–H groups in total. The molecule has 2 unspecified atom stereocenters. The maximum Gasteiger partial charge on any atom is 0.472 e. The molecule has 0 fully saturated rings. The summed E-state index contributed by atoms with van der Waals surface area (Å²) in [5, 5.41) is 10.6. The molecule has 0 aromatic carbocycles. The average molecular weight is 1280 g/mol. The van der Waals surface area contributed by atoms with Crippen molar-refractivity contribution in [2.24, 2.45) is 5.92 Å². The lowest BCUT2D eigenvalue weighted by molar-refractivity contribution is -0.161. The smallest absolute Gasteiger partial charge is 0.462 e. The number of esters is 4. The van der Waals surface area contributed by atoms with Crippen LogP contribution < -0.4 is 0 Å². The zero-order valence-electron chi connectivity index (χ0n) is 56.2. The van der Waals surface area contributed by atoms with Crippen LogP contribution >= 0.6 is 15.6 Å². The fourth-order valence-electron chi connectivity index (χ4n) is 10.3. The largest absolute Gasteiger partial charge is 0.472 e. The van der Waals surface area contributed by atoms with E-state index in [2.05, 4.69) is 34.6 Å². The number of unbranched alkanes of at least 4 members (excludes halogenated alkanes) is 40. The number of carbonyl (C=O) groups excluding carboxylic acids is 4. The lowest BCUT2D eigenvalue weighted by atomic mass is 10.0. The van der Waals surface area contributed by atoms with E-state index in [4.69, 9.17) is 37.0 Å². The van der Waals surface area contributed by atoms with Crippen LogP contribution in [0.5, 0.6) is 0 Å². The zero-order valence-corrected chi connectivity index (χ0v) is 57.9. The van der Waals surface area contributed by atoms with E-state index in [1.165, 1.54) is 167 Å². The van der Waals surface area contributed by atoms with Gasteiger partial charge in [-0.2, -0.15) is 0 Å². The van der Waals surface area contributed by atoms with Gasteiger partial charge in [0.1, 0.15) is 19.3 Å². The van der Waals surface area contributed by atoms with E-state index in [-0.39, 0.29) is 25.7 Å². The molecule has 87 heavy (non-hydrogen) atoms. The third-order valence-corrected chi connectivity index (χ3v) is 17.7. The van der Waals surface area contributed by atoms with Gasteiger partial charge in [-0.15, -0.1) is 0 Å². The summed E-state index contributed by atoms with van der Waals surface area (Å²) in [6.07, 6.45) is 47.4. The first-order valence-corrected chi connectivity index (χ1v) is 38.6. The molecule has 0 heterocycles. The van der Waals surface area contributed by atoms with Gasteiger partial charge in [0, 0.05) is 25.7 Å². The van der Waals surface area contributed by atoms with Gasteiger partial charge in [-0.3, -0.25) is 37.3 Å². The Morgan fingerprint density at radius 1 is 0.310 bits per heavy atom. The second-order valence-electron chi connectivity index (χ2n) is 25.0. The first-order chi connectivity index (χ1) is 42.0. The molecule has 17 nitrogen and oxygen atoms in total. The fraction of sp³-hybridized carbons (Fsp3) is 0.941. The first-order valence-electron chi connectivity index (χ1n) is 35.6. The van der Waals surface area contributed by atoms with Crippen molar-refractivity contribution in [1.29, 1.82) is 0 Å². The number of aliphatic hydroxyl groups is 1. The van der Waals surface area contributed by atoms with E-state index in [0.717, 1.165) is 96.3 Å². The molecule has 0 saturated heterocycles. The van der Waals surface area contributed by atoms with Crippen molar-refractivity contribution >= 4 is 39.5 Å².